The summed E-state index contributed by atoms with van der Waals surface area (Å²) in [7, 11) is 0. The van der Waals surface area contributed by atoms with Crippen molar-refractivity contribution >= 4 is 34.8 Å². The molecular weight excluding hydrogens is 346 g/mol. The first-order valence-corrected chi connectivity index (χ1v) is 9.52. The lowest BCUT2D eigenvalue weighted by Crippen LogP contribution is -2.53. The molecule has 2 aromatic heterocycles. The molecule has 0 radical (unpaired) electrons. The van der Waals surface area contributed by atoms with Gasteiger partial charge in [0.1, 0.15) is 0 Å². The lowest BCUT2D eigenvalue weighted by atomic mass is 10.3. The van der Waals surface area contributed by atoms with Gasteiger partial charge in [-0.3, -0.25) is 24.6 Å². The van der Waals surface area contributed by atoms with Gasteiger partial charge in [0.2, 0.25) is 4.80 Å². The quantitative estimate of drug-likeness (QED) is 0.865. The van der Waals surface area contributed by atoms with Gasteiger partial charge in [-0.15, -0.1) is 16.4 Å². The van der Waals surface area contributed by atoms with E-state index in [1.165, 1.54) is 11.3 Å². The Morgan fingerprint density at radius 1 is 1.29 bits per heavy atom. The number of amides is 2. The number of carbonyl (C=O) groups is 1. The molecule has 2 amide bonds. The molecule has 126 valence electrons. The average Bonchev–Trinajstić information content (AvgIpc) is 3.25. The summed E-state index contributed by atoms with van der Waals surface area (Å²) in [5.41, 5.74) is 2.97. The zero-order chi connectivity index (χ0) is 16.8. The van der Waals surface area contributed by atoms with E-state index in [0.29, 0.717) is 22.4 Å². The molecule has 0 bridgehead atoms. The van der Waals surface area contributed by atoms with Crippen molar-refractivity contribution in [3.63, 3.8) is 0 Å². The highest BCUT2D eigenvalue weighted by molar-refractivity contribution is 7.11. The molecule has 0 saturated carbocycles. The fourth-order valence-corrected chi connectivity index (χ4v) is 4.91. The third-order valence-electron chi connectivity index (χ3n) is 4.32. The van der Waals surface area contributed by atoms with E-state index >= 15 is 0 Å². The van der Waals surface area contributed by atoms with Gasteiger partial charge < -0.3 is 0 Å². The monoisotopic (exact) mass is 363 g/mol. The molecule has 24 heavy (non-hydrogen) atoms. The van der Waals surface area contributed by atoms with Crippen molar-refractivity contribution in [1.82, 2.24) is 19.8 Å². The van der Waals surface area contributed by atoms with E-state index in [0.717, 1.165) is 4.88 Å². The fraction of sp³-hybridized carbons (Fsp3) is 0.400. The van der Waals surface area contributed by atoms with Gasteiger partial charge >= 0.3 is 6.03 Å². The van der Waals surface area contributed by atoms with Crippen LogP contribution in [0.3, 0.4) is 0 Å². The molecule has 7 nitrogen and oxygen atoms in total. The van der Waals surface area contributed by atoms with Crippen molar-refractivity contribution in [2.24, 2.45) is 5.10 Å². The zero-order valence-electron chi connectivity index (χ0n) is 13.3. The predicted molar refractivity (Wildman–Crippen MR) is 93.4 cm³/mol. The van der Waals surface area contributed by atoms with Crippen LogP contribution < -0.4 is 20.3 Å². The number of thiazole rings is 1. The van der Waals surface area contributed by atoms with Gasteiger partial charge in [0, 0.05) is 18.0 Å². The van der Waals surface area contributed by atoms with Gasteiger partial charge in [0.05, 0.1) is 4.53 Å². The lowest BCUT2D eigenvalue weighted by Gasteiger charge is -2.29. The molecule has 4 rings (SSSR count). The Labute approximate surface area is 146 Å². The Morgan fingerprint density at radius 2 is 2.08 bits per heavy atom. The van der Waals surface area contributed by atoms with Crippen molar-refractivity contribution in [3.8, 4) is 0 Å². The summed E-state index contributed by atoms with van der Waals surface area (Å²) in [4.78, 5) is 30.6. The number of fused-ring (bicyclic) bond motifs is 3. The third kappa shape index (κ3) is 2.11. The molecule has 1 N–H and O–H groups in total. The van der Waals surface area contributed by atoms with Crippen LogP contribution in [0, 0.1) is 0 Å². The zero-order valence-corrected chi connectivity index (χ0v) is 14.9. The van der Waals surface area contributed by atoms with Gasteiger partial charge in [0.15, 0.2) is 12.3 Å². The molecule has 4 heterocycles. The van der Waals surface area contributed by atoms with Crippen LogP contribution in [0.5, 0.6) is 0 Å². The Morgan fingerprint density at radius 3 is 2.75 bits per heavy atom. The minimum atomic E-state index is -0.357. The van der Waals surface area contributed by atoms with Crippen LogP contribution in [-0.4, -0.2) is 39.7 Å². The maximum Gasteiger partial charge on any atom is 0.323 e. The Kier molecular flexibility index (Phi) is 3.69. The standard InChI is InChI=1S/C15H17N5O2S2/c1-3-18-11-12(19(4-2)15(18)22)20-13(21)10(24-14(20)17-16-11)8-9-6-5-7-23-9/h5-8,11-12,16H,3-4H2,1-2H3/b10-8-. The van der Waals surface area contributed by atoms with Crippen LogP contribution in [0.2, 0.25) is 0 Å². The van der Waals surface area contributed by atoms with E-state index in [2.05, 4.69) is 10.5 Å². The topological polar surface area (TPSA) is 69.9 Å². The van der Waals surface area contributed by atoms with Crippen LogP contribution in [0.4, 0.5) is 4.79 Å². The molecule has 2 unspecified atom stereocenters. The van der Waals surface area contributed by atoms with E-state index in [-0.39, 0.29) is 23.9 Å². The molecular formula is C15H17N5O2S2. The van der Waals surface area contributed by atoms with Gasteiger partial charge in [-0.25, -0.2) is 4.79 Å². The molecule has 2 aliphatic rings. The highest BCUT2D eigenvalue weighted by Crippen LogP contribution is 2.28. The Bertz CT molecular complexity index is 946. The molecule has 0 aromatic carbocycles. The summed E-state index contributed by atoms with van der Waals surface area (Å²) in [6.45, 7) is 4.97. The fourth-order valence-electron chi connectivity index (χ4n) is 3.22. The van der Waals surface area contributed by atoms with E-state index < -0.39 is 0 Å². The maximum absolute atomic E-state index is 12.9. The number of carbonyl (C=O) groups excluding carboxylic acids is 1. The maximum atomic E-state index is 12.9. The summed E-state index contributed by atoms with van der Waals surface area (Å²) < 4.78 is 2.29. The Balaban J connectivity index is 1.89. The molecule has 9 heteroatoms. The summed E-state index contributed by atoms with van der Waals surface area (Å²) in [5, 5.41) is 6.32. The number of thiophene rings is 1. The Hall–Kier alpha value is -2.13. The van der Waals surface area contributed by atoms with E-state index in [4.69, 9.17) is 0 Å². The minimum Gasteiger partial charge on any atom is -0.300 e. The third-order valence-corrected chi connectivity index (χ3v) is 6.12. The van der Waals surface area contributed by atoms with Gasteiger partial charge in [-0.05, 0) is 31.4 Å². The number of hydrogen-bond donors (Lipinski definition) is 1. The summed E-state index contributed by atoms with van der Waals surface area (Å²) in [6.07, 6.45) is 1.22. The minimum absolute atomic E-state index is 0.0626. The summed E-state index contributed by atoms with van der Waals surface area (Å²) in [5.74, 6) is 0. The van der Waals surface area contributed by atoms with Crippen LogP contribution in [0.25, 0.3) is 6.08 Å². The van der Waals surface area contributed by atoms with Crippen molar-refractivity contribution < 1.29 is 4.79 Å². The SMILES string of the molecule is CCN1C(=O)N(CC)C2C1NN=c1s/c(=C\c3cccs3)c(=O)n12. The van der Waals surface area contributed by atoms with Gasteiger partial charge in [0.25, 0.3) is 5.56 Å². The lowest BCUT2D eigenvalue weighted by molar-refractivity contribution is 0.151. The largest absolute Gasteiger partial charge is 0.323 e. The normalized spacial score (nSPS) is 23.1. The second kappa shape index (κ2) is 5.75. The number of nitrogens with zero attached hydrogens (tertiary/aromatic N) is 4. The van der Waals surface area contributed by atoms with Crippen molar-refractivity contribution in [2.75, 3.05) is 13.1 Å². The summed E-state index contributed by atoms with van der Waals surface area (Å²) in [6, 6.07) is 3.87. The highest BCUT2D eigenvalue weighted by Gasteiger charge is 2.48. The van der Waals surface area contributed by atoms with Crippen LogP contribution in [0.1, 0.15) is 24.9 Å². The summed E-state index contributed by atoms with van der Waals surface area (Å²) >= 11 is 2.93. The number of aromatic nitrogens is 1. The molecule has 1 fully saturated rings. The van der Waals surface area contributed by atoms with Gasteiger partial charge in [-0.1, -0.05) is 17.4 Å². The first kappa shape index (κ1) is 15.4. The van der Waals surface area contributed by atoms with Crippen molar-refractivity contribution in [1.29, 1.82) is 0 Å². The number of hydrogen-bond acceptors (Lipinski definition) is 6. The van der Waals surface area contributed by atoms with Crippen LogP contribution in [0.15, 0.2) is 27.4 Å². The number of rotatable bonds is 3. The first-order valence-electron chi connectivity index (χ1n) is 7.82. The first-order chi connectivity index (χ1) is 11.7. The molecule has 2 aliphatic heterocycles. The second-order valence-corrected chi connectivity index (χ2v) is 7.53. The molecule has 2 aromatic rings. The van der Waals surface area contributed by atoms with Crippen LogP contribution >= 0.6 is 22.7 Å². The van der Waals surface area contributed by atoms with E-state index in [9.17, 15) is 9.59 Å². The molecule has 2 atom stereocenters. The van der Waals surface area contributed by atoms with E-state index in [1.807, 2.05) is 37.4 Å². The molecule has 0 aliphatic carbocycles. The average molecular weight is 363 g/mol. The van der Waals surface area contributed by atoms with Crippen molar-refractivity contribution in [2.45, 2.75) is 26.2 Å². The highest BCUT2D eigenvalue weighted by atomic mass is 32.1. The predicted octanol–water partition coefficient (Wildman–Crippen LogP) is 0.540. The van der Waals surface area contributed by atoms with Gasteiger partial charge in [-0.2, -0.15) is 0 Å². The smallest absolute Gasteiger partial charge is 0.300 e. The van der Waals surface area contributed by atoms with Crippen molar-refractivity contribution in [3.05, 3.63) is 42.1 Å². The molecule has 1 saturated heterocycles. The van der Waals surface area contributed by atoms with E-state index in [1.54, 1.807) is 25.7 Å². The van der Waals surface area contributed by atoms with Crippen LogP contribution in [-0.2, 0) is 0 Å². The number of urea groups is 1. The number of nitrogens with one attached hydrogen (secondary N) is 1. The number of likely N-dealkylation sites (N-methyl/N-ethyl adjacent to an activating group) is 2. The molecule has 0 spiro atoms. The second-order valence-electron chi connectivity index (χ2n) is 5.54.